The van der Waals surface area contributed by atoms with Gasteiger partial charge in [0.05, 0.1) is 19.1 Å². The maximum Gasteiger partial charge on any atom is 0.328 e. The molecule has 1 aliphatic heterocycles. The van der Waals surface area contributed by atoms with Crippen LogP contribution in [-0.4, -0.2) is 42.5 Å². The van der Waals surface area contributed by atoms with E-state index in [0.29, 0.717) is 0 Å². The van der Waals surface area contributed by atoms with E-state index < -0.39 is 16.9 Å². The van der Waals surface area contributed by atoms with Gasteiger partial charge < -0.3 is 14.8 Å². The van der Waals surface area contributed by atoms with Gasteiger partial charge in [0.25, 0.3) is 5.91 Å². The highest BCUT2D eigenvalue weighted by atomic mass is 16.6. The second-order valence-corrected chi connectivity index (χ2v) is 4.56. The summed E-state index contributed by atoms with van der Waals surface area (Å²) in [7, 11) is 2.69. The lowest BCUT2D eigenvalue weighted by Gasteiger charge is -2.09. The molecule has 1 aromatic rings. The lowest BCUT2D eigenvalue weighted by atomic mass is 10.1. The number of amides is 3. The predicted octanol–water partition coefficient (Wildman–Crippen LogP) is 1.52. The molecule has 0 radical (unpaired) electrons. The molecular weight excluding hydrogens is 306 g/mol. The van der Waals surface area contributed by atoms with Crippen LogP contribution in [0, 0.1) is 10.1 Å². The van der Waals surface area contributed by atoms with Gasteiger partial charge in [-0.15, -0.1) is 0 Å². The molecule has 1 heterocycles. The SMILES string of the molecule is CCN1C(=O)N/C(=C/c2cc([N+](=O)[O-])c(OC)cc2OC)C1=O. The lowest BCUT2D eigenvalue weighted by Crippen LogP contribution is -2.30. The summed E-state index contributed by atoms with van der Waals surface area (Å²) in [5.41, 5.74) is 0.0282. The third-order valence-electron chi connectivity index (χ3n) is 3.31. The second-order valence-electron chi connectivity index (χ2n) is 4.56. The fraction of sp³-hybridized carbons (Fsp3) is 0.286. The topological polar surface area (TPSA) is 111 Å². The van der Waals surface area contributed by atoms with Crippen molar-refractivity contribution in [2.24, 2.45) is 0 Å². The van der Waals surface area contributed by atoms with E-state index in [1.807, 2.05) is 0 Å². The molecule has 23 heavy (non-hydrogen) atoms. The van der Waals surface area contributed by atoms with Gasteiger partial charge in [-0.05, 0) is 13.0 Å². The molecule has 1 N–H and O–H groups in total. The van der Waals surface area contributed by atoms with Crippen LogP contribution in [0.4, 0.5) is 10.5 Å². The highest BCUT2D eigenvalue weighted by Gasteiger charge is 2.32. The number of nitro benzene ring substituents is 1. The number of ether oxygens (including phenoxy) is 2. The molecule has 0 atom stereocenters. The molecule has 2 rings (SSSR count). The fourth-order valence-corrected chi connectivity index (χ4v) is 2.18. The Bertz CT molecular complexity index is 713. The van der Waals surface area contributed by atoms with Crippen molar-refractivity contribution in [3.05, 3.63) is 33.5 Å². The van der Waals surface area contributed by atoms with E-state index >= 15 is 0 Å². The summed E-state index contributed by atoms with van der Waals surface area (Å²) < 4.78 is 10.1. The average molecular weight is 321 g/mol. The molecule has 0 spiro atoms. The van der Waals surface area contributed by atoms with Crippen LogP contribution in [0.1, 0.15) is 12.5 Å². The molecule has 0 bridgehead atoms. The van der Waals surface area contributed by atoms with Gasteiger partial charge in [-0.2, -0.15) is 0 Å². The number of carbonyl (C=O) groups excluding carboxylic acids is 2. The van der Waals surface area contributed by atoms with Crippen LogP contribution in [0.15, 0.2) is 17.8 Å². The fourth-order valence-electron chi connectivity index (χ4n) is 2.18. The summed E-state index contributed by atoms with van der Waals surface area (Å²) in [6.07, 6.45) is 1.33. The van der Waals surface area contributed by atoms with E-state index in [0.717, 1.165) is 4.90 Å². The molecule has 1 aromatic carbocycles. The van der Waals surface area contributed by atoms with Crippen LogP contribution in [0.3, 0.4) is 0 Å². The Balaban J connectivity index is 2.53. The van der Waals surface area contributed by atoms with Crippen LogP contribution in [0.25, 0.3) is 6.08 Å². The normalized spacial score (nSPS) is 15.8. The van der Waals surface area contributed by atoms with Gasteiger partial charge in [0.1, 0.15) is 11.4 Å². The Hall–Kier alpha value is -3.10. The smallest absolute Gasteiger partial charge is 0.328 e. The minimum atomic E-state index is -0.603. The first-order chi connectivity index (χ1) is 10.9. The van der Waals surface area contributed by atoms with Gasteiger partial charge >= 0.3 is 11.7 Å². The highest BCUT2D eigenvalue weighted by molar-refractivity contribution is 6.14. The zero-order valence-electron chi connectivity index (χ0n) is 12.8. The number of nitrogens with zero attached hydrogens (tertiary/aromatic N) is 2. The molecule has 1 saturated heterocycles. The lowest BCUT2D eigenvalue weighted by molar-refractivity contribution is -0.385. The summed E-state index contributed by atoms with van der Waals surface area (Å²) in [5, 5.41) is 13.5. The van der Waals surface area contributed by atoms with Gasteiger partial charge in [-0.25, -0.2) is 4.79 Å². The van der Waals surface area contributed by atoms with Crippen LogP contribution in [0.5, 0.6) is 11.5 Å². The van der Waals surface area contributed by atoms with Gasteiger partial charge in [0.2, 0.25) is 5.75 Å². The van der Waals surface area contributed by atoms with Crippen molar-refractivity contribution in [3.63, 3.8) is 0 Å². The van der Waals surface area contributed by atoms with Crippen molar-refractivity contribution in [3.8, 4) is 11.5 Å². The molecule has 0 aliphatic carbocycles. The second kappa shape index (κ2) is 6.34. The Morgan fingerprint density at radius 3 is 2.39 bits per heavy atom. The van der Waals surface area contributed by atoms with E-state index in [9.17, 15) is 19.7 Å². The van der Waals surface area contributed by atoms with E-state index in [1.54, 1.807) is 6.92 Å². The van der Waals surface area contributed by atoms with E-state index in [-0.39, 0.29) is 35.0 Å². The summed E-state index contributed by atoms with van der Waals surface area (Å²) in [6.45, 7) is 1.89. The Labute approximate surface area is 131 Å². The van der Waals surface area contributed by atoms with E-state index in [4.69, 9.17) is 9.47 Å². The molecule has 9 heteroatoms. The zero-order chi connectivity index (χ0) is 17.1. The molecule has 0 saturated carbocycles. The molecule has 3 amide bonds. The molecule has 1 aliphatic rings. The number of nitro groups is 1. The number of methoxy groups -OCH3 is 2. The first-order valence-corrected chi connectivity index (χ1v) is 6.67. The summed E-state index contributed by atoms with van der Waals surface area (Å²) >= 11 is 0. The molecule has 0 unspecified atom stereocenters. The van der Waals surface area contributed by atoms with Gasteiger partial charge in [-0.1, -0.05) is 0 Å². The number of likely N-dealkylation sites (N-methyl/N-ethyl adjacent to an activating group) is 1. The van der Waals surface area contributed by atoms with Gasteiger partial charge in [0, 0.05) is 24.2 Å². The van der Waals surface area contributed by atoms with Crippen LogP contribution < -0.4 is 14.8 Å². The minimum Gasteiger partial charge on any atom is -0.496 e. The maximum absolute atomic E-state index is 12.1. The number of nitrogens with one attached hydrogen (secondary N) is 1. The number of hydrogen-bond donors (Lipinski definition) is 1. The van der Waals surface area contributed by atoms with Crippen LogP contribution in [-0.2, 0) is 4.79 Å². The Morgan fingerprint density at radius 2 is 1.91 bits per heavy atom. The summed E-state index contributed by atoms with van der Waals surface area (Å²) in [6, 6.07) is 2.04. The van der Waals surface area contributed by atoms with Crippen molar-refractivity contribution in [1.29, 1.82) is 0 Å². The average Bonchev–Trinajstić information content (AvgIpc) is 2.80. The number of benzene rings is 1. The molecule has 0 aromatic heterocycles. The van der Waals surface area contributed by atoms with Crippen LogP contribution in [0.2, 0.25) is 0 Å². The van der Waals surface area contributed by atoms with E-state index in [1.165, 1.54) is 32.4 Å². The number of carbonyl (C=O) groups is 2. The van der Waals surface area contributed by atoms with Crippen molar-refractivity contribution < 1.29 is 24.0 Å². The first-order valence-electron chi connectivity index (χ1n) is 6.67. The summed E-state index contributed by atoms with van der Waals surface area (Å²) in [5.74, 6) is -0.194. The van der Waals surface area contributed by atoms with Crippen molar-refractivity contribution in [1.82, 2.24) is 10.2 Å². The van der Waals surface area contributed by atoms with Crippen LogP contribution >= 0.6 is 0 Å². The van der Waals surface area contributed by atoms with Crippen molar-refractivity contribution in [2.45, 2.75) is 6.92 Å². The number of urea groups is 1. The van der Waals surface area contributed by atoms with Crippen molar-refractivity contribution in [2.75, 3.05) is 20.8 Å². The Kier molecular flexibility index (Phi) is 4.49. The van der Waals surface area contributed by atoms with Gasteiger partial charge in [-0.3, -0.25) is 19.8 Å². The molecule has 1 fully saturated rings. The highest BCUT2D eigenvalue weighted by Crippen LogP contribution is 2.35. The Morgan fingerprint density at radius 1 is 1.26 bits per heavy atom. The number of rotatable bonds is 5. The van der Waals surface area contributed by atoms with Crippen molar-refractivity contribution >= 4 is 23.7 Å². The van der Waals surface area contributed by atoms with E-state index in [2.05, 4.69) is 5.32 Å². The number of hydrogen-bond acceptors (Lipinski definition) is 6. The third kappa shape index (κ3) is 2.93. The number of imide groups is 1. The molecular formula is C14H15N3O6. The van der Waals surface area contributed by atoms with Gasteiger partial charge in [0.15, 0.2) is 0 Å². The largest absolute Gasteiger partial charge is 0.496 e. The predicted molar refractivity (Wildman–Crippen MR) is 80.1 cm³/mol. The third-order valence-corrected chi connectivity index (χ3v) is 3.31. The zero-order valence-corrected chi connectivity index (χ0v) is 12.8. The minimum absolute atomic E-state index is 0.0228. The molecule has 9 nitrogen and oxygen atoms in total. The summed E-state index contributed by atoms with van der Waals surface area (Å²) in [4.78, 5) is 35.2. The standard InChI is InChI=1S/C14H15N3O6/c1-4-16-13(18)9(15-14(16)19)5-8-6-10(17(20)21)12(23-3)7-11(8)22-2/h5-7H,4H2,1-3H3,(H,15,19)/b9-5+. The molecule has 122 valence electrons. The monoisotopic (exact) mass is 321 g/mol. The quantitative estimate of drug-likeness (QED) is 0.381. The first kappa shape index (κ1) is 16.3. The maximum atomic E-state index is 12.1.